The fourth-order valence-corrected chi connectivity index (χ4v) is 1.40. The van der Waals surface area contributed by atoms with E-state index in [0.29, 0.717) is 5.75 Å². The summed E-state index contributed by atoms with van der Waals surface area (Å²) in [4.78, 5) is 14.3. The van der Waals surface area contributed by atoms with Crippen LogP contribution in [0.25, 0.3) is 0 Å². The molecule has 0 unspecified atom stereocenters. The number of rotatable bonds is 3. The molecule has 0 aliphatic carbocycles. The molecule has 0 aliphatic rings. The second kappa shape index (κ2) is 4.61. The third kappa shape index (κ3) is 2.57. The van der Waals surface area contributed by atoms with Crippen LogP contribution in [0, 0.1) is 17.0 Å². The Kier molecular flexibility index (Phi) is 3.00. The number of hydrogen-bond donors (Lipinski definition) is 0. The number of hydrogen-bond acceptors (Lipinski definition) is 4. The minimum Gasteiger partial charge on any atom is -0.448 e. The van der Waals surface area contributed by atoms with Crippen molar-refractivity contribution in [1.82, 2.24) is 4.98 Å². The zero-order valence-corrected chi connectivity index (χ0v) is 9.16. The maximum absolute atomic E-state index is 10.8. The Hall–Kier alpha value is -2.43. The van der Waals surface area contributed by atoms with Gasteiger partial charge < -0.3 is 4.74 Å². The molecule has 0 saturated heterocycles. The van der Waals surface area contributed by atoms with Crippen molar-refractivity contribution in [1.29, 1.82) is 0 Å². The van der Waals surface area contributed by atoms with Crippen LogP contribution in [0.3, 0.4) is 0 Å². The number of pyridine rings is 1. The lowest BCUT2D eigenvalue weighted by molar-refractivity contribution is -0.385. The van der Waals surface area contributed by atoms with Gasteiger partial charge in [-0.15, -0.1) is 0 Å². The summed E-state index contributed by atoms with van der Waals surface area (Å²) in [6.45, 7) is 1.87. The third-order valence-electron chi connectivity index (χ3n) is 2.14. The Bertz CT molecular complexity index is 555. The molecule has 0 fully saturated rings. The molecule has 1 aromatic heterocycles. The van der Waals surface area contributed by atoms with Crippen molar-refractivity contribution in [3.05, 3.63) is 58.4 Å². The van der Waals surface area contributed by atoms with Gasteiger partial charge in [-0.25, -0.2) is 0 Å². The first-order valence-electron chi connectivity index (χ1n) is 5.00. The second-order valence-corrected chi connectivity index (χ2v) is 3.52. The van der Waals surface area contributed by atoms with E-state index in [9.17, 15) is 10.1 Å². The summed E-state index contributed by atoms with van der Waals surface area (Å²) >= 11 is 0. The van der Waals surface area contributed by atoms with Gasteiger partial charge in [0.25, 0.3) is 0 Å². The van der Waals surface area contributed by atoms with Crippen molar-refractivity contribution in [3.63, 3.8) is 0 Å². The van der Waals surface area contributed by atoms with Gasteiger partial charge in [-0.3, -0.25) is 15.1 Å². The van der Waals surface area contributed by atoms with E-state index in [-0.39, 0.29) is 11.4 Å². The summed E-state index contributed by atoms with van der Waals surface area (Å²) in [5.41, 5.74) is 0.870. The molecule has 0 N–H and O–H groups in total. The number of nitro groups is 1. The highest BCUT2D eigenvalue weighted by atomic mass is 16.6. The van der Waals surface area contributed by atoms with Gasteiger partial charge in [0.15, 0.2) is 0 Å². The first-order valence-corrected chi connectivity index (χ1v) is 5.00. The van der Waals surface area contributed by atoms with Gasteiger partial charge in [-0.2, -0.15) is 0 Å². The SMILES string of the molecule is Cc1cncc(Oc2ccccc2[N+](=O)[O-])c1. The second-order valence-electron chi connectivity index (χ2n) is 3.52. The van der Waals surface area contributed by atoms with E-state index in [2.05, 4.69) is 4.98 Å². The number of para-hydroxylation sites is 2. The summed E-state index contributed by atoms with van der Waals surface area (Å²) < 4.78 is 5.45. The highest BCUT2D eigenvalue weighted by Crippen LogP contribution is 2.30. The average Bonchev–Trinajstić information content (AvgIpc) is 2.29. The number of benzene rings is 1. The molecule has 2 rings (SSSR count). The molecule has 0 bridgehead atoms. The monoisotopic (exact) mass is 230 g/mol. The van der Waals surface area contributed by atoms with E-state index in [1.165, 1.54) is 12.3 Å². The van der Waals surface area contributed by atoms with Gasteiger partial charge in [0.1, 0.15) is 5.75 Å². The lowest BCUT2D eigenvalue weighted by atomic mass is 10.3. The van der Waals surface area contributed by atoms with Gasteiger partial charge in [-0.1, -0.05) is 12.1 Å². The van der Waals surface area contributed by atoms with Gasteiger partial charge in [0.2, 0.25) is 5.75 Å². The molecular weight excluding hydrogens is 220 g/mol. The summed E-state index contributed by atoms with van der Waals surface area (Å²) in [6, 6.07) is 8.01. The number of aryl methyl sites for hydroxylation is 1. The predicted molar refractivity (Wildman–Crippen MR) is 62.1 cm³/mol. The summed E-state index contributed by atoms with van der Waals surface area (Å²) in [6.07, 6.45) is 3.20. The Balaban J connectivity index is 2.33. The molecule has 0 spiro atoms. The van der Waals surface area contributed by atoms with Crippen LogP contribution in [-0.2, 0) is 0 Å². The Morgan fingerprint density at radius 1 is 1.29 bits per heavy atom. The van der Waals surface area contributed by atoms with E-state index >= 15 is 0 Å². The van der Waals surface area contributed by atoms with Gasteiger partial charge in [0.05, 0.1) is 11.1 Å². The van der Waals surface area contributed by atoms with Crippen molar-refractivity contribution in [2.45, 2.75) is 6.92 Å². The van der Waals surface area contributed by atoms with E-state index in [0.717, 1.165) is 5.56 Å². The van der Waals surface area contributed by atoms with Crippen LogP contribution < -0.4 is 4.74 Å². The summed E-state index contributed by atoms with van der Waals surface area (Å²) in [7, 11) is 0. The minimum atomic E-state index is -0.474. The maximum atomic E-state index is 10.8. The molecule has 1 aromatic carbocycles. The Morgan fingerprint density at radius 2 is 2.06 bits per heavy atom. The molecule has 17 heavy (non-hydrogen) atoms. The van der Waals surface area contributed by atoms with Crippen molar-refractivity contribution in [3.8, 4) is 11.5 Å². The highest BCUT2D eigenvalue weighted by molar-refractivity contribution is 5.47. The Morgan fingerprint density at radius 3 is 2.76 bits per heavy atom. The smallest absolute Gasteiger partial charge is 0.311 e. The summed E-state index contributed by atoms with van der Waals surface area (Å²) in [5.74, 6) is 0.698. The predicted octanol–water partition coefficient (Wildman–Crippen LogP) is 3.09. The van der Waals surface area contributed by atoms with Crippen LogP contribution in [0.5, 0.6) is 11.5 Å². The fourth-order valence-electron chi connectivity index (χ4n) is 1.40. The zero-order valence-electron chi connectivity index (χ0n) is 9.16. The first-order chi connectivity index (χ1) is 8.16. The van der Waals surface area contributed by atoms with Crippen LogP contribution in [0.1, 0.15) is 5.56 Å². The van der Waals surface area contributed by atoms with E-state index < -0.39 is 4.92 Å². The molecule has 0 saturated carbocycles. The molecule has 0 radical (unpaired) electrons. The van der Waals surface area contributed by atoms with E-state index in [1.54, 1.807) is 30.5 Å². The van der Waals surface area contributed by atoms with Gasteiger partial charge in [0, 0.05) is 12.3 Å². The molecule has 0 aliphatic heterocycles. The zero-order chi connectivity index (χ0) is 12.3. The van der Waals surface area contributed by atoms with Crippen LogP contribution in [0.4, 0.5) is 5.69 Å². The molecule has 5 nitrogen and oxygen atoms in total. The normalized spacial score (nSPS) is 9.94. The van der Waals surface area contributed by atoms with Crippen molar-refractivity contribution in [2.24, 2.45) is 0 Å². The number of aromatic nitrogens is 1. The van der Waals surface area contributed by atoms with Crippen LogP contribution in [0.15, 0.2) is 42.7 Å². The van der Waals surface area contributed by atoms with Gasteiger partial charge in [-0.05, 0) is 24.6 Å². The first kappa shape index (κ1) is 11.1. The number of ether oxygens (including phenoxy) is 1. The van der Waals surface area contributed by atoms with Crippen molar-refractivity contribution >= 4 is 5.69 Å². The molecule has 0 amide bonds. The topological polar surface area (TPSA) is 65.3 Å². The Labute approximate surface area is 97.8 Å². The number of nitro benzene ring substituents is 1. The summed E-state index contributed by atoms with van der Waals surface area (Å²) in [5, 5.41) is 10.8. The molecule has 86 valence electrons. The van der Waals surface area contributed by atoms with E-state index in [4.69, 9.17) is 4.74 Å². The highest BCUT2D eigenvalue weighted by Gasteiger charge is 2.14. The van der Waals surface area contributed by atoms with Crippen LogP contribution >= 0.6 is 0 Å². The largest absolute Gasteiger partial charge is 0.448 e. The molecule has 5 heteroatoms. The van der Waals surface area contributed by atoms with E-state index in [1.807, 2.05) is 6.92 Å². The van der Waals surface area contributed by atoms with Crippen LogP contribution in [0.2, 0.25) is 0 Å². The standard InChI is InChI=1S/C12H10N2O3/c1-9-6-10(8-13-7-9)17-12-5-3-2-4-11(12)14(15)16/h2-8H,1H3. The quantitative estimate of drug-likeness (QED) is 0.600. The van der Waals surface area contributed by atoms with Crippen molar-refractivity contribution in [2.75, 3.05) is 0 Å². The lowest BCUT2D eigenvalue weighted by Crippen LogP contribution is -1.93. The molecule has 2 aromatic rings. The average molecular weight is 230 g/mol. The fraction of sp³-hybridized carbons (Fsp3) is 0.0833. The lowest BCUT2D eigenvalue weighted by Gasteiger charge is -2.05. The third-order valence-corrected chi connectivity index (χ3v) is 2.14. The molecule has 0 atom stereocenters. The molecule has 1 heterocycles. The van der Waals surface area contributed by atoms with Crippen molar-refractivity contribution < 1.29 is 9.66 Å². The van der Waals surface area contributed by atoms with Crippen LogP contribution in [-0.4, -0.2) is 9.91 Å². The number of nitrogens with zero attached hydrogens (tertiary/aromatic N) is 2. The molecular formula is C12H10N2O3. The van der Waals surface area contributed by atoms with Gasteiger partial charge >= 0.3 is 5.69 Å². The minimum absolute atomic E-state index is 0.0611. The maximum Gasteiger partial charge on any atom is 0.311 e.